The molecule has 1 aromatic heterocycles. The molecule has 2 rings (SSSR count). The summed E-state index contributed by atoms with van der Waals surface area (Å²) in [5.41, 5.74) is 0.816. The summed E-state index contributed by atoms with van der Waals surface area (Å²) in [6.07, 6.45) is 0. The molecule has 2 N–H and O–H groups in total. The van der Waals surface area contributed by atoms with Gasteiger partial charge in [-0.1, -0.05) is 0 Å². The van der Waals surface area contributed by atoms with Gasteiger partial charge in [0, 0.05) is 12.1 Å². The van der Waals surface area contributed by atoms with Crippen LogP contribution in [0.2, 0.25) is 0 Å². The molecule has 0 aliphatic rings. The predicted octanol–water partition coefficient (Wildman–Crippen LogP) is 2.47. The number of nitrogens with zero attached hydrogens (tertiary/aromatic N) is 2. The first-order chi connectivity index (χ1) is 11.1. The van der Waals surface area contributed by atoms with Crippen LogP contribution in [0.5, 0.6) is 0 Å². The van der Waals surface area contributed by atoms with Gasteiger partial charge in [-0.15, -0.1) is 0 Å². The smallest absolute Gasteiger partial charge is 0.335 e. The van der Waals surface area contributed by atoms with Crippen LogP contribution in [0.25, 0.3) is 0 Å². The maximum atomic E-state index is 13.9. The number of aromatic nitrogens is 2. The van der Waals surface area contributed by atoms with Crippen LogP contribution in [-0.4, -0.2) is 29.3 Å². The van der Waals surface area contributed by atoms with Crippen LogP contribution < -0.4 is 4.72 Å². The second-order valence-electron chi connectivity index (χ2n) is 5.35. The molecule has 0 radical (unpaired) electrons. The zero-order valence-electron chi connectivity index (χ0n) is 13.7. The Bertz CT molecular complexity index is 919. The molecule has 0 spiro atoms. The van der Waals surface area contributed by atoms with Crippen molar-refractivity contribution in [1.29, 1.82) is 0 Å². The van der Waals surface area contributed by atoms with Gasteiger partial charge in [0.05, 0.1) is 27.5 Å². The molecule has 0 aliphatic heterocycles. The van der Waals surface area contributed by atoms with E-state index in [1.807, 2.05) is 6.92 Å². The number of hydrogen-bond donors (Lipinski definition) is 2. The van der Waals surface area contributed by atoms with E-state index in [0.29, 0.717) is 23.6 Å². The number of nitrogens with one attached hydrogen (secondary N) is 1. The average Bonchev–Trinajstić information content (AvgIpc) is 2.76. The zero-order valence-corrected chi connectivity index (χ0v) is 14.5. The number of aromatic carboxylic acids is 1. The van der Waals surface area contributed by atoms with Gasteiger partial charge >= 0.3 is 5.97 Å². The van der Waals surface area contributed by atoms with Crippen molar-refractivity contribution in [2.45, 2.75) is 39.1 Å². The molecule has 7 nitrogen and oxygen atoms in total. The van der Waals surface area contributed by atoms with Gasteiger partial charge in [0.15, 0.2) is 0 Å². The van der Waals surface area contributed by atoms with Crippen molar-refractivity contribution < 1.29 is 22.7 Å². The summed E-state index contributed by atoms with van der Waals surface area (Å²) < 4.78 is 43.2. The number of benzene rings is 1. The lowest BCUT2D eigenvalue weighted by atomic mass is 10.1. The van der Waals surface area contributed by atoms with E-state index in [1.165, 1.54) is 6.92 Å². The Balaban J connectivity index is 2.56. The standard InChI is InChI=1S/C15H18FN3O4S/c1-5-19-10(4)14(9(3)17-19)18-24(22,23)13-7-11(15(20)21)6-12(16)8(13)2/h6-7,18H,5H2,1-4H3,(H,20,21). The van der Waals surface area contributed by atoms with Crippen molar-refractivity contribution in [3.8, 4) is 0 Å². The van der Waals surface area contributed by atoms with Gasteiger partial charge in [-0.2, -0.15) is 5.10 Å². The number of carboxylic acid groups (broad SMARTS) is 1. The van der Waals surface area contributed by atoms with Crippen LogP contribution >= 0.6 is 0 Å². The van der Waals surface area contributed by atoms with Crippen LogP contribution in [0, 0.1) is 26.6 Å². The maximum absolute atomic E-state index is 13.9. The lowest BCUT2D eigenvalue weighted by Gasteiger charge is -2.12. The van der Waals surface area contributed by atoms with Crippen molar-refractivity contribution in [2.75, 3.05) is 4.72 Å². The second kappa shape index (κ2) is 6.23. The topological polar surface area (TPSA) is 101 Å². The highest BCUT2D eigenvalue weighted by Crippen LogP contribution is 2.26. The Labute approximate surface area is 139 Å². The fraction of sp³-hybridized carbons (Fsp3) is 0.333. The normalized spacial score (nSPS) is 11.5. The molecule has 0 bridgehead atoms. The van der Waals surface area contributed by atoms with E-state index >= 15 is 0 Å². The minimum atomic E-state index is -4.17. The molecule has 0 fully saturated rings. The fourth-order valence-electron chi connectivity index (χ4n) is 2.40. The Morgan fingerprint density at radius 2 is 1.96 bits per heavy atom. The summed E-state index contributed by atoms with van der Waals surface area (Å²) in [6.45, 7) is 7.08. The SMILES string of the molecule is CCn1nc(C)c(NS(=O)(=O)c2cc(C(=O)O)cc(F)c2C)c1C. The van der Waals surface area contributed by atoms with Gasteiger partial charge < -0.3 is 5.11 Å². The highest BCUT2D eigenvalue weighted by molar-refractivity contribution is 7.92. The first kappa shape index (κ1) is 17.9. The number of carboxylic acids is 1. The van der Waals surface area contributed by atoms with Crippen LogP contribution in [0.3, 0.4) is 0 Å². The van der Waals surface area contributed by atoms with E-state index in [4.69, 9.17) is 5.11 Å². The molecule has 0 aliphatic carbocycles. The third-order valence-electron chi connectivity index (χ3n) is 3.75. The summed E-state index contributed by atoms with van der Waals surface area (Å²) in [7, 11) is -4.17. The summed E-state index contributed by atoms with van der Waals surface area (Å²) in [6, 6.07) is 1.74. The Morgan fingerprint density at radius 3 is 2.46 bits per heavy atom. The molecule has 1 heterocycles. The van der Waals surface area contributed by atoms with Gasteiger partial charge in [0.2, 0.25) is 0 Å². The van der Waals surface area contributed by atoms with Crippen molar-refractivity contribution in [3.05, 3.63) is 40.5 Å². The first-order valence-electron chi connectivity index (χ1n) is 7.18. The van der Waals surface area contributed by atoms with E-state index in [2.05, 4.69) is 9.82 Å². The van der Waals surface area contributed by atoms with E-state index in [9.17, 15) is 17.6 Å². The van der Waals surface area contributed by atoms with Gasteiger partial charge in [-0.05, 0) is 39.8 Å². The van der Waals surface area contributed by atoms with E-state index in [-0.39, 0.29) is 5.56 Å². The van der Waals surface area contributed by atoms with Crippen molar-refractivity contribution in [1.82, 2.24) is 9.78 Å². The number of aryl methyl sites for hydroxylation is 2. The predicted molar refractivity (Wildman–Crippen MR) is 86.3 cm³/mol. The highest BCUT2D eigenvalue weighted by Gasteiger charge is 2.24. The van der Waals surface area contributed by atoms with Crippen molar-refractivity contribution >= 4 is 21.7 Å². The monoisotopic (exact) mass is 355 g/mol. The molecular weight excluding hydrogens is 337 g/mol. The number of sulfonamides is 1. The molecule has 0 atom stereocenters. The zero-order chi connectivity index (χ0) is 18.2. The van der Waals surface area contributed by atoms with Gasteiger partial charge in [-0.3, -0.25) is 9.40 Å². The number of halogens is 1. The molecule has 0 saturated carbocycles. The van der Waals surface area contributed by atoms with Crippen molar-refractivity contribution in [2.24, 2.45) is 0 Å². The molecule has 0 amide bonds. The summed E-state index contributed by atoms with van der Waals surface area (Å²) >= 11 is 0. The van der Waals surface area contributed by atoms with Crippen LogP contribution in [0.1, 0.15) is 34.2 Å². The fourth-order valence-corrected chi connectivity index (χ4v) is 3.85. The maximum Gasteiger partial charge on any atom is 0.335 e. The Hall–Kier alpha value is -2.42. The lowest BCUT2D eigenvalue weighted by Crippen LogP contribution is -2.17. The average molecular weight is 355 g/mol. The molecular formula is C15H18FN3O4S. The third-order valence-corrected chi connectivity index (χ3v) is 5.23. The third kappa shape index (κ3) is 3.12. The Kier molecular flexibility index (Phi) is 4.66. The van der Waals surface area contributed by atoms with Gasteiger partial charge in [0.1, 0.15) is 5.82 Å². The first-order valence-corrected chi connectivity index (χ1v) is 8.67. The van der Waals surface area contributed by atoms with Gasteiger partial charge in [-0.25, -0.2) is 17.6 Å². The number of carbonyl (C=O) groups is 1. The molecule has 2 aromatic rings. The highest BCUT2D eigenvalue weighted by atomic mass is 32.2. The summed E-state index contributed by atoms with van der Waals surface area (Å²) in [5.74, 6) is -2.30. The molecule has 130 valence electrons. The summed E-state index contributed by atoms with van der Waals surface area (Å²) in [4.78, 5) is 10.6. The minimum Gasteiger partial charge on any atom is -0.478 e. The number of anilines is 1. The molecule has 0 unspecified atom stereocenters. The van der Waals surface area contributed by atoms with Crippen LogP contribution in [0.4, 0.5) is 10.1 Å². The molecule has 1 aromatic carbocycles. The van der Waals surface area contributed by atoms with Crippen LogP contribution in [-0.2, 0) is 16.6 Å². The van der Waals surface area contributed by atoms with E-state index in [0.717, 1.165) is 12.1 Å². The Morgan fingerprint density at radius 1 is 1.33 bits per heavy atom. The number of rotatable bonds is 5. The van der Waals surface area contributed by atoms with Crippen LogP contribution in [0.15, 0.2) is 17.0 Å². The van der Waals surface area contributed by atoms with E-state index in [1.54, 1.807) is 18.5 Å². The number of hydrogen-bond acceptors (Lipinski definition) is 4. The second-order valence-corrected chi connectivity index (χ2v) is 7.00. The largest absolute Gasteiger partial charge is 0.478 e. The minimum absolute atomic E-state index is 0.148. The molecule has 0 saturated heterocycles. The summed E-state index contributed by atoms with van der Waals surface area (Å²) in [5, 5.41) is 13.2. The molecule has 24 heavy (non-hydrogen) atoms. The molecule has 9 heteroatoms. The quantitative estimate of drug-likeness (QED) is 0.858. The van der Waals surface area contributed by atoms with Gasteiger partial charge in [0.25, 0.3) is 10.0 Å². The van der Waals surface area contributed by atoms with Crippen molar-refractivity contribution in [3.63, 3.8) is 0 Å². The lowest BCUT2D eigenvalue weighted by molar-refractivity contribution is 0.0696. The van der Waals surface area contributed by atoms with E-state index < -0.39 is 32.3 Å².